The summed E-state index contributed by atoms with van der Waals surface area (Å²) in [6.45, 7) is 16.3. The molecule has 0 aliphatic carbocycles. The van der Waals surface area contributed by atoms with Gasteiger partial charge in [0.25, 0.3) is 0 Å². The number of H-pyrrole nitrogens is 1. The van der Waals surface area contributed by atoms with E-state index in [0.29, 0.717) is 48.2 Å². The van der Waals surface area contributed by atoms with Crippen molar-refractivity contribution in [3.05, 3.63) is 90.5 Å². The minimum absolute atomic E-state index is 0.144. The van der Waals surface area contributed by atoms with E-state index in [9.17, 15) is 18.3 Å². The van der Waals surface area contributed by atoms with Crippen molar-refractivity contribution in [3.63, 3.8) is 0 Å². The van der Waals surface area contributed by atoms with Gasteiger partial charge in [0.15, 0.2) is 0 Å². The standard InChI is InChI=1S/C38H45F3N4O/c1-9-20-22(11-3)30-18-32-24(13-5)26(15-7)35(44-32)34(37(46)38(39,40)41)36-27(16-8)25(14-6)33(45-36)19-31-23(12-4)21(10-2)29(43-31)17-28(20)42-30/h17-19,42,46H,9-16H2,1-8H3/b29-17?,32-18?,33-19?,37-34+. The van der Waals surface area contributed by atoms with E-state index < -0.39 is 11.9 Å². The monoisotopic (exact) mass is 630 g/mol. The van der Waals surface area contributed by atoms with Crippen LogP contribution in [0, 0.1) is 0 Å². The summed E-state index contributed by atoms with van der Waals surface area (Å²) in [4.78, 5) is 18.6. The van der Waals surface area contributed by atoms with Crippen molar-refractivity contribution < 1.29 is 18.3 Å². The summed E-state index contributed by atoms with van der Waals surface area (Å²) in [6, 6.07) is 0. The molecular weight excluding hydrogens is 585 g/mol. The predicted octanol–water partition coefficient (Wildman–Crippen LogP) is 10.8. The Morgan fingerprint density at radius 2 is 0.957 bits per heavy atom. The van der Waals surface area contributed by atoms with Crippen LogP contribution in [0.1, 0.15) is 116 Å². The van der Waals surface area contributed by atoms with Crippen LogP contribution < -0.4 is 0 Å². The number of hydrogen-bond donors (Lipinski definition) is 2. The van der Waals surface area contributed by atoms with Crippen LogP contribution in [0.25, 0.3) is 12.2 Å². The second kappa shape index (κ2) is 13.0. The Hall–Kier alpha value is -3.94. The molecule has 4 aliphatic rings. The number of aromatic nitrogens is 1. The molecule has 0 fully saturated rings. The summed E-state index contributed by atoms with van der Waals surface area (Å²) in [5.74, 6) is -1.66. The highest BCUT2D eigenvalue weighted by Crippen LogP contribution is 2.43. The molecule has 2 N–H and O–H groups in total. The van der Waals surface area contributed by atoms with Crippen LogP contribution in [0.3, 0.4) is 0 Å². The molecule has 1 aromatic heterocycles. The van der Waals surface area contributed by atoms with E-state index in [4.69, 9.17) is 15.0 Å². The van der Waals surface area contributed by atoms with Gasteiger partial charge in [0, 0.05) is 11.4 Å². The molecule has 0 atom stereocenters. The fraction of sp³-hybridized carbons (Fsp3) is 0.447. The summed E-state index contributed by atoms with van der Waals surface area (Å²) in [6.07, 6.45) is 6.29. The van der Waals surface area contributed by atoms with Gasteiger partial charge in [-0.1, -0.05) is 55.4 Å². The van der Waals surface area contributed by atoms with Crippen LogP contribution >= 0.6 is 0 Å². The molecule has 1 aromatic rings. The summed E-state index contributed by atoms with van der Waals surface area (Å²) in [7, 11) is 0. The van der Waals surface area contributed by atoms with E-state index >= 15 is 0 Å². The molecule has 5 rings (SSSR count). The number of aliphatic hydroxyl groups excluding tert-OH is 1. The maximum absolute atomic E-state index is 14.5. The Kier molecular flexibility index (Phi) is 9.48. The molecule has 0 spiro atoms. The summed E-state index contributed by atoms with van der Waals surface area (Å²) in [5.41, 5.74) is 12.5. The van der Waals surface area contributed by atoms with Crippen molar-refractivity contribution in [2.75, 3.05) is 0 Å². The van der Waals surface area contributed by atoms with Gasteiger partial charge in [0.2, 0.25) is 5.76 Å². The Morgan fingerprint density at radius 3 is 1.35 bits per heavy atom. The fourth-order valence-corrected chi connectivity index (χ4v) is 7.47. The third kappa shape index (κ3) is 5.43. The number of aliphatic imine (C=N–C) groups is 3. The molecule has 0 unspecified atom stereocenters. The molecule has 8 bridgehead atoms. The molecule has 0 radical (unpaired) electrons. The number of fused-ring (bicyclic) bond motifs is 5. The van der Waals surface area contributed by atoms with Crippen molar-refractivity contribution in [2.45, 2.75) is 113 Å². The summed E-state index contributed by atoms with van der Waals surface area (Å²) < 4.78 is 43.6. The fourth-order valence-electron chi connectivity index (χ4n) is 7.47. The van der Waals surface area contributed by atoms with E-state index in [-0.39, 0.29) is 17.0 Å². The van der Waals surface area contributed by atoms with Crippen LogP contribution in [0.15, 0.2) is 82.9 Å². The van der Waals surface area contributed by atoms with E-state index in [1.54, 1.807) is 0 Å². The highest BCUT2D eigenvalue weighted by molar-refractivity contribution is 6.37. The molecule has 0 aromatic carbocycles. The molecule has 0 saturated carbocycles. The topological polar surface area (TPSA) is 73.1 Å². The lowest BCUT2D eigenvalue weighted by Gasteiger charge is -2.17. The highest BCUT2D eigenvalue weighted by Gasteiger charge is 2.43. The van der Waals surface area contributed by atoms with Crippen LogP contribution in [0.5, 0.6) is 0 Å². The maximum atomic E-state index is 14.5. The van der Waals surface area contributed by atoms with Crippen molar-refractivity contribution in [1.82, 2.24) is 4.98 Å². The zero-order valence-electron chi connectivity index (χ0n) is 28.3. The number of allylic oxidation sites excluding steroid dienone is 9. The van der Waals surface area contributed by atoms with E-state index in [2.05, 4.69) is 38.8 Å². The molecule has 5 nitrogen and oxygen atoms in total. The number of hydrogen-bond acceptors (Lipinski definition) is 4. The van der Waals surface area contributed by atoms with Crippen molar-refractivity contribution in [2.24, 2.45) is 15.0 Å². The smallest absolute Gasteiger partial charge is 0.449 e. The number of alkyl halides is 3. The number of nitrogens with zero attached hydrogens (tertiary/aromatic N) is 3. The highest BCUT2D eigenvalue weighted by atomic mass is 19.4. The zero-order chi connectivity index (χ0) is 33.5. The number of halogens is 3. The molecule has 0 amide bonds. The lowest BCUT2D eigenvalue weighted by molar-refractivity contribution is -0.120. The summed E-state index contributed by atoms with van der Waals surface area (Å²) in [5, 5.41) is 11.0. The normalized spacial score (nSPS) is 19.5. The minimum atomic E-state index is -4.99. The molecule has 244 valence electrons. The number of rotatable bonds is 8. The van der Waals surface area contributed by atoms with Gasteiger partial charge in [-0.3, -0.25) is 0 Å². The zero-order valence-corrected chi connectivity index (χ0v) is 28.3. The van der Waals surface area contributed by atoms with Gasteiger partial charge in [-0.15, -0.1) is 0 Å². The molecule has 46 heavy (non-hydrogen) atoms. The van der Waals surface area contributed by atoms with Gasteiger partial charge in [0.05, 0.1) is 39.8 Å². The lowest BCUT2D eigenvalue weighted by atomic mass is 9.88. The molecule has 0 saturated heterocycles. The third-order valence-electron chi connectivity index (χ3n) is 9.53. The van der Waals surface area contributed by atoms with Crippen molar-refractivity contribution in [3.8, 4) is 0 Å². The minimum Gasteiger partial charge on any atom is -0.504 e. The van der Waals surface area contributed by atoms with Crippen molar-refractivity contribution in [1.29, 1.82) is 0 Å². The number of nitrogens with one attached hydrogen (secondary N) is 1. The molecular formula is C38H45F3N4O. The number of aliphatic hydroxyl groups is 1. The van der Waals surface area contributed by atoms with Crippen LogP contribution in [0.4, 0.5) is 13.2 Å². The van der Waals surface area contributed by atoms with Gasteiger partial charge in [-0.2, -0.15) is 13.2 Å². The van der Waals surface area contributed by atoms with E-state index in [1.807, 2.05) is 39.8 Å². The van der Waals surface area contributed by atoms with Gasteiger partial charge in [-0.25, -0.2) is 15.0 Å². The first kappa shape index (κ1) is 33.4. The quantitative estimate of drug-likeness (QED) is 0.276. The first-order chi connectivity index (χ1) is 22.0. The van der Waals surface area contributed by atoms with Gasteiger partial charge in [0.1, 0.15) is 0 Å². The van der Waals surface area contributed by atoms with Gasteiger partial charge >= 0.3 is 6.18 Å². The molecule has 8 heteroatoms. The Bertz CT molecular complexity index is 1790. The van der Waals surface area contributed by atoms with E-state index in [1.165, 1.54) is 5.56 Å². The SMILES string of the molecule is CCC1=C(CC)C2=NC1=Cc1[nH]c(c(CC)c1CC)C=C1N=C(C(CC)=C1CC)/C(=C(\O)C(F)(F)F)C1=NC(=C2)C(CC)=C1CC. The van der Waals surface area contributed by atoms with Crippen LogP contribution in [0.2, 0.25) is 0 Å². The molecule has 5 heterocycles. The first-order valence-corrected chi connectivity index (χ1v) is 16.8. The maximum Gasteiger partial charge on any atom is 0.449 e. The second-order valence-electron chi connectivity index (χ2n) is 11.8. The van der Waals surface area contributed by atoms with Crippen LogP contribution in [-0.4, -0.2) is 33.4 Å². The van der Waals surface area contributed by atoms with Crippen molar-refractivity contribution >= 4 is 29.3 Å². The number of aromatic amines is 1. The first-order valence-electron chi connectivity index (χ1n) is 16.8. The van der Waals surface area contributed by atoms with E-state index in [0.717, 1.165) is 76.3 Å². The average molecular weight is 631 g/mol. The van der Waals surface area contributed by atoms with Gasteiger partial charge in [-0.05, 0) is 114 Å². The Morgan fingerprint density at radius 1 is 0.565 bits per heavy atom. The molecule has 4 aliphatic heterocycles. The van der Waals surface area contributed by atoms with Crippen LogP contribution in [-0.2, 0) is 12.8 Å². The Balaban J connectivity index is 1.98. The predicted molar refractivity (Wildman–Crippen MR) is 184 cm³/mol. The lowest BCUT2D eigenvalue weighted by Crippen LogP contribution is -2.24. The Labute approximate surface area is 270 Å². The summed E-state index contributed by atoms with van der Waals surface area (Å²) >= 11 is 0. The second-order valence-corrected chi connectivity index (χ2v) is 11.8. The average Bonchev–Trinajstić information content (AvgIpc) is 3.75. The third-order valence-corrected chi connectivity index (χ3v) is 9.53. The van der Waals surface area contributed by atoms with Gasteiger partial charge < -0.3 is 10.1 Å². The largest absolute Gasteiger partial charge is 0.504 e.